The number of rotatable bonds is 6. The van der Waals surface area contributed by atoms with E-state index in [1.165, 1.54) is 12.8 Å². The van der Waals surface area contributed by atoms with Gasteiger partial charge in [-0.05, 0) is 57.5 Å². The summed E-state index contributed by atoms with van der Waals surface area (Å²) in [6, 6.07) is 0.315. The third kappa shape index (κ3) is 6.45. The molecule has 1 aliphatic rings. The number of piperidine rings is 1. The Balaban J connectivity index is 0.00000361. The molecule has 0 radical (unpaired) electrons. The Hall–Kier alpha value is -0.280. The van der Waals surface area contributed by atoms with Crippen molar-refractivity contribution in [2.75, 3.05) is 19.6 Å². The summed E-state index contributed by atoms with van der Waals surface area (Å²) in [4.78, 5) is 14.5. The van der Waals surface area contributed by atoms with Gasteiger partial charge < -0.3 is 10.2 Å². The molecule has 0 aromatic rings. The minimum atomic E-state index is 0. The number of carbonyl (C=O) groups is 1. The maximum atomic E-state index is 12.5. The van der Waals surface area contributed by atoms with Crippen molar-refractivity contribution in [3.8, 4) is 0 Å². The summed E-state index contributed by atoms with van der Waals surface area (Å²) in [5.74, 6) is 2.12. The number of hydrogen-bond acceptors (Lipinski definition) is 2. The van der Waals surface area contributed by atoms with Crippen molar-refractivity contribution in [2.45, 2.75) is 59.9 Å². The van der Waals surface area contributed by atoms with E-state index in [4.69, 9.17) is 0 Å². The summed E-state index contributed by atoms with van der Waals surface area (Å²) >= 11 is 0. The van der Waals surface area contributed by atoms with Crippen molar-refractivity contribution < 1.29 is 4.79 Å². The van der Waals surface area contributed by atoms with Crippen LogP contribution in [0, 0.1) is 17.8 Å². The van der Waals surface area contributed by atoms with Gasteiger partial charge in [-0.3, -0.25) is 4.79 Å². The summed E-state index contributed by atoms with van der Waals surface area (Å²) in [5.41, 5.74) is 0. The fourth-order valence-corrected chi connectivity index (χ4v) is 2.97. The van der Waals surface area contributed by atoms with Crippen LogP contribution in [0.15, 0.2) is 0 Å². The van der Waals surface area contributed by atoms with Crippen LogP contribution in [0.1, 0.15) is 53.9 Å². The fourth-order valence-electron chi connectivity index (χ4n) is 2.97. The molecule has 1 aliphatic heterocycles. The molecule has 4 heteroatoms. The number of hydrogen-bond donors (Lipinski definition) is 1. The summed E-state index contributed by atoms with van der Waals surface area (Å²) < 4.78 is 0. The largest absolute Gasteiger partial charge is 0.340 e. The molecule has 0 aromatic heterocycles. The molecule has 1 N–H and O–H groups in total. The Morgan fingerprint density at radius 1 is 1.15 bits per heavy atom. The molecule has 1 atom stereocenters. The van der Waals surface area contributed by atoms with Gasteiger partial charge in [-0.1, -0.05) is 20.8 Å². The lowest BCUT2D eigenvalue weighted by Gasteiger charge is -2.32. The second-order valence-electron chi connectivity index (χ2n) is 6.80. The second-order valence-corrected chi connectivity index (χ2v) is 6.80. The predicted molar refractivity (Wildman–Crippen MR) is 88.3 cm³/mol. The zero-order valence-electron chi connectivity index (χ0n) is 13.8. The van der Waals surface area contributed by atoms with Gasteiger partial charge in [0.15, 0.2) is 0 Å². The van der Waals surface area contributed by atoms with Gasteiger partial charge in [0.25, 0.3) is 0 Å². The standard InChI is InChI=1S/C16H32N2O.ClH/c1-12(2)11-18(13(3)4)16(19)10-14(5)15-6-8-17-9-7-15;/h12-15,17H,6-11H2,1-5H3;1H. The van der Waals surface area contributed by atoms with Crippen LogP contribution >= 0.6 is 12.4 Å². The van der Waals surface area contributed by atoms with Crippen LogP contribution in [0.4, 0.5) is 0 Å². The predicted octanol–water partition coefficient (Wildman–Crippen LogP) is 3.33. The molecule has 0 saturated carbocycles. The van der Waals surface area contributed by atoms with E-state index in [1.54, 1.807) is 0 Å². The van der Waals surface area contributed by atoms with Crippen LogP contribution < -0.4 is 5.32 Å². The zero-order valence-corrected chi connectivity index (χ0v) is 14.6. The Morgan fingerprint density at radius 3 is 2.15 bits per heavy atom. The fraction of sp³-hybridized carbons (Fsp3) is 0.938. The van der Waals surface area contributed by atoms with E-state index >= 15 is 0 Å². The maximum Gasteiger partial charge on any atom is 0.223 e. The third-order valence-corrected chi connectivity index (χ3v) is 4.19. The number of nitrogens with one attached hydrogen (secondary N) is 1. The van der Waals surface area contributed by atoms with E-state index < -0.39 is 0 Å². The minimum absolute atomic E-state index is 0. The van der Waals surface area contributed by atoms with Crippen LogP contribution in [0.25, 0.3) is 0 Å². The first-order chi connectivity index (χ1) is 8.91. The summed E-state index contributed by atoms with van der Waals surface area (Å²) in [6.07, 6.45) is 3.16. The second kappa shape index (κ2) is 9.62. The molecule has 1 unspecified atom stereocenters. The molecule has 1 heterocycles. The van der Waals surface area contributed by atoms with Gasteiger partial charge in [0.2, 0.25) is 5.91 Å². The summed E-state index contributed by atoms with van der Waals surface area (Å²) in [5, 5.41) is 3.39. The van der Waals surface area contributed by atoms with E-state index in [1.807, 2.05) is 0 Å². The molecule has 0 bridgehead atoms. The smallest absolute Gasteiger partial charge is 0.223 e. The highest BCUT2D eigenvalue weighted by atomic mass is 35.5. The monoisotopic (exact) mass is 304 g/mol. The Labute approximate surface area is 131 Å². The van der Waals surface area contributed by atoms with Gasteiger partial charge in [0.1, 0.15) is 0 Å². The van der Waals surface area contributed by atoms with Crippen LogP contribution in [0.2, 0.25) is 0 Å². The average molecular weight is 305 g/mol. The van der Waals surface area contributed by atoms with E-state index in [0.717, 1.165) is 32.0 Å². The average Bonchev–Trinajstić information content (AvgIpc) is 2.36. The van der Waals surface area contributed by atoms with Crippen LogP contribution in [0.3, 0.4) is 0 Å². The van der Waals surface area contributed by atoms with Crippen molar-refractivity contribution in [3.63, 3.8) is 0 Å². The third-order valence-electron chi connectivity index (χ3n) is 4.19. The molecule has 0 aromatic carbocycles. The van der Waals surface area contributed by atoms with Crippen molar-refractivity contribution in [3.05, 3.63) is 0 Å². The van der Waals surface area contributed by atoms with Crippen molar-refractivity contribution >= 4 is 18.3 Å². The Bertz CT molecular complexity index is 276. The first kappa shape index (κ1) is 19.7. The zero-order chi connectivity index (χ0) is 14.4. The molecule has 3 nitrogen and oxygen atoms in total. The molecule has 0 aliphatic carbocycles. The molecule has 0 spiro atoms. The number of nitrogens with zero attached hydrogens (tertiary/aromatic N) is 1. The molecule has 1 amide bonds. The first-order valence-electron chi connectivity index (χ1n) is 7.92. The number of amides is 1. The van der Waals surface area contributed by atoms with E-state index in [2.05, 4.69) is 44.8 Å². The number of halogens is 1. The van der Waals surface area contributed by atoms with Crippen molar-refractivity contribution in [1.82, 2.24) is 10.2 Å². The van der Waals surface area contributed by atoms with Crippen LogP contribution in [-0.4, -0.2) is 36.5 Å². The molecule has 1 saturated heterocycles. The SMILES string of the molecule is CC(C)CN(C(=O)CC(C)C1CCNCC1)C(C)C.Cl. The molecule has 20 heavy (non-hydrogen) atoms. The minimum Gasteiger partial charge on any atom is -0.340 e. The van der Waals surface area contributed by atoms with Gasteiger partial charge in [-0.25, -0.2) is 0 Å². The lowest BCUT2D eigenvalue weighted by atomic mass is 9.84. The number of carbonyl (C=O) groups excluding carboxylic acids is 1. The van der Waals surface area contributed by atoms with Gasteiger partial charge in [0, 0.05) is 19.0 Å². The molecule has 1 rings (SSSR count). The lowest BCUT2D eigenvalue weighted by molar-refractivity contribution is -0.134. The van der Waals surface area contributed by atoms with Crippen LogP contribution in [-0.2, 0) is 4.79 Å². The first-order valence-corrected chi connectivity index (χ1v) is 7.92. The molecular formula is C16H33ClN2O. The van der Waals surface area contributed by atoms with Crippen molar-refractivity contribution in [2.24, 2.45) is 17.8 Å². The highest BCUT2D eigenvalue weighted by Crippen LogP contribution is 2.25. The van der Waals surface area contributed by atoms with Crippen molar-refractivity contribution in [1.29, 1.82) is 0 Å². The molecular weight excluding hydrogens is 272 g/mol. The lowest BCUT2D eigenvalue weighted by Crippen LogP contribution is -2.41. The van der Waals surface area contributed by atoms with Gasteiger partial charge in [-0.15, -0.1) is 12.4 Å². The van der Waals surface area contributed by atoms with Crippen LogP contribution in [0.5, 0.6) is 0 Å². The maximum absolute atomic E-state index is 12.5. The summed E-state index contributed by atoms with van der Waals surface area (Å²) in [7, 11) is 0. The quantitative estimate of drug-likeness (QED) is 0.816. The highest BCUT2D eigenvalue weighted by Gasteiger charge is 2.25. The highest BCUT2D eigenvalue weighted by molar-refractivity contribution is 5.85. The van der Waals surface area contributed by atoms with Gasteiger partial charge in [0.05, 0.1) is 0 Å². The van der Waals surface area contributed by atoms with E-state index in [0.29, 0.717) is 23.8 Å². The van der Waals surface area contributed by atoms with Gasteiger partial charge >= 0.3 is 0 Å². The molecule has 1 fully saturated rings. The van der Waals surface area contributed by atoms with E-state index in [-0.39, 0.29) is 12.4 Å². The normalized spacial score (nSPS) is 17.9. The summed E-state index contributed by atoms with van der Waals surface area (Å²) in [6.45, 7) is 14.0. The molecule has 120 valence electrons. The van der Waals surface area contributed by atoms with E-state index in [9.17, 15) is 4.79 Å². The Morgan fingerprint density at radius 2 is 1.70 bits per heavy atom. The Kier molecular flexibility index (Phi) is 9.48. The topological polar surface area (TPSA) is 32.3 Å². The van der Waals surface area contributed by atoms with Gasteiger partial charge in [-0.2, -0.15) is 0 Å².